The van der Waals surface area contributed by atoms with Crippen LogP contribution in [0, 0.1) is 0 Å². The third-order valence-electron chi connectivity index (χ3n) is 7.04. The molecule has 0 atom stereocenters. The van der Waals surface area contributed by atoms with Crippen molar-refractivity contribution in [3.8, 4) is 0 Å². The van der Waals surface area contributed by atoms with E-state index in [1.807, 2.05) is 18.7 Å². The summed E-state index contributed by atoms with van der Waals surface area (Å²) < 4.78 is 27.6. The first-order chi connectivity index (χ1) is 18.2. The lowest BCUT2D eigenvalue weighted by Crippen LogP contribution is -2.35. The zero-order chi connectivity index (χ0) is 27.4. The second-order valence-electron chi connectivity index (χ2n) is 9.78. The minimum absolute atomic E-state index is 0.0199. The van der Waals surface area contributed by atoms with Gasteiger partial charge in [-0.15, -0.1) is 11.3 Å². The summed E-state index contributed by atoms with van der Waals surface area (Å²) in [5.74, 6) is -0.515. The molecule has 1 aromatic heterocycles. The average molecular weight is 561 g/mol. The number of thiophene rings is 1. The summed E-state index contributed by atoms with van der Waals surface area (Å²) in [6.07, 6.45) is 3.91. The quantitative estimate of drug-likeness (QED) is 0.500. The van der Waals surface area contributed by atoms with Crippen LogP contribution in [0.2, 0.25) is 0 Å². The van der Waals surface area contributed by atoms with E-state index in [2.05, 4.69) is 5.32 Å². The summed E-state index contributed by atoms with van der Waals surface area (Å²) in [5.41, 5.74) is 1.74. The molecule has 3 amide bonds. The maximum atomic E-state index is 13.5. The lowest BCUT2D eigenvalue weighted by Gasteiger charge is -2.26. The molecule has 1 saturated heterocycles. The van der Waals surface area contributed by atoms with Crippen molar-refractivity contribution >= 4 is 44.1 Å². The lowest BCUT2D eigenvalue weighted by atomic mass is 10.0. The van der Waals surface area contributed by atoms with E-state index in [1.54, 1.807) is 4.90 Å². The molecular weight excluding hydrogens is 524 g/mol. The summed E-state index contributed by atoms with van der Waals surface area (Å²) >= 11 is 1.34. The van der Waals surface area contributed by atoms with E-state index < -0.39 is 15.9 Å². The standard InChI is InChI=1S/C27H36N4O5S2/c1-4-13-31(14-5-2)38(35,36)21-10-8-20(9-11-21)25(33)28-26-24(27(34)29-15-6-7-16-29)22-12-17-30(19(3)32)18-23(22)37-26/h8-11H,4-7,12-18H2,1-3H3,(H,28,33). The molecule has 206 valence electrons. The molecule has 0 aliphatic carbocycles. The number of carbonyl (C=O) groups is 3. The van der Waals surface area contributed by atoms with Gasteiger partial charge in [-0.2, -0.15) is 4.31 Å². The Morgan fingerprint density at radius 1 is 0.974 bits per heavy atom. The molecule has 3 heterocycles. The molecule has 4 rings (SSSR count). The number of anilines is 1. The Labute approximate surface area is 228 Å². The van der Waals surface area contributed by atoms with Gasteiger partial charge in [0.25, 0.3) is 11.8 Å². The fourth-order valence-electron chi connectivity index (χ4n) is 5.02. The minimum atomic E-state index is -3.65. The number of benzene rings is 1. The van der Waals surface area contributed by atoms with Crippen LogP contribution in [0.25, 0.3) is 0 Å². The zero-order valence-electron chi connectivity index (χ0n) is 22.3. The molecule has 2 aliphatic rings. The lowest BCUT2D eigenvalue weighted by molar-refractivity contribution is -0.129. The molecule has 0 saturated carbocycles. The van der Waals surface area contributed by atoms with Crippen molar-refractivity contribution in [2.45, 2.75) is 64.3 Å². The summed E-state index contributed by atoms with van der Waals surface area (Å²) in [6, 6.07) is 5.93. The molecule has 9 nitrogen and oxygen atoms in total. The van der Waals surface area contributed by atoms with Crippen molar-refractivity contribution in [3.05, 3.63) is 45.8 Å². The van der Waals surface area contributed by atoms with Crippen molar-refractivity contribution in [3.63, 3.8) is 0 Å². The Morgan fingerprint density at radius 2 is 1.61 bits per heavy atom. The predicted octanol–water partition coefficient (Wildman–Crippen LogP) is 3.95. The Morgan fingerprint density at radius 3 is 2.18 bits per heavy atom. The van der Waals surface area contributed by atoms with Crippen molar-refractivity contribution in [2.24, 2.45) is 0 Å². The SMILES string of the molecule is CCCN(CCC)S(=O)(=O)c1ccc(C(=O)Nc2sc3c(c2C(=O)N2CCCC2)CCN(C(C)=O)C3)cc1. The maximum Gasteiger partial charge on any atom is 0.257 e. The van der Waals surface area contributed by atoms with Crippen LogP contribution in [0.3, 0.4) is 0 Å². The van der Waals surface area contributed by atoms with Gasteiger partial charge >= 0.3 is 0 Å². The number of hydrogen-bond donors (Lipinski definition) is 1. The molecule has 11 heteroatoms. The van der Waals surface area contributed by atoms with Gasteiger partial charge in [0.1, 0.15) is 5.00 Å². The Bertz CT molecular complexity index is 1290. The summed E-state index contributed by atoms with van der Waals surface area (Å²) in [5, 5.41) is 3.41. The highest BCUT2D eigenvalue weighted by molar-refractivity contribution is 7.89. The Hall–Kier alpha value is -2.76. The van der Waals surface area contributed by atoms with Crippen LogP contribution < -0.4 is 5.32 Å². The first-order valence-electron chi connectivity index (χ1n) is 13.3. The molecule has 0 radical (unpaired) electrons. The van der Waals surface area contributed by atoms with Gasteiger partial charge in [-0.25, -0.2) is 8.42 Å². The number of carbonyl (C=O) groups excluding carboxylic acids is 3. The van der Waals surface area contributed by atoms with Gasteiger partial charge in [-0.05, 0) is 61.9 Å². The molecular formula is C27H36N4O5S2. The van der Waals surface area contributed by atoms with Crippen LogP contribution >= 0.6 is 11.3 Å². The second-order valence-corrected chi connectivity index (χ2v) is 12.8. The van der Waals surface area contributed by atoms with E-state index in [-0.39, 0.29) is 16.7 Å². The van der Waals surface area contributed by atoms with Crippen LogP contribution in [0.5, 0.6) is 0 Å². The van der Waals surface area contributed by atoms with E-state index in [0.717, 1.165) is 23.3 Å². The van der Waals surface area contributed by atoms with Gasteiger partial charge < -0.3 is 15.1 Å². The normalized spacial score (nSPS) is 15.6. The minimum Gasteiger partial charge on any atom is -0.339 e. The summed E-state index contributed by atoms with van der Waals surface area (Å²) in [6.45, 7) is 8.64. The third-order valence-corrected chi connectivity index (χ3v) is 10.1. The van der Waals surface area contributed by atoms with Gasteiger partial charge in [-0.3, -0.25) is 14.4 Å². The predicted molar refractivity (Wildman–Crippen MR) is 148 cm³/mol. The number of fused-ring (bicyclic) bond motifs is 1. The Balaban J connectivity index is 1.59. The Kier molecular flexibility index (Phi) is 8.89. The van der Waals surface area contributed by atoms with Crippen LogP contribution in [-0.4, -0.2) is 73.0 Å². The van der Waals surface area contributed by atoms with Gasteiger partial charge in [-0.1, -0.05) is 13.8 Å². The van der Waals surface area contributed by atoms with Gasteiger partial charge in [0.15, 0.2) is 0 Å². The van der Waals surface area contributed by atoms with Crippen LogP contribution in [0.1, 0.15) is 77.6 Å². The number of sulfonamides is 1. The van der Waals surface area contributed by atoms with E-state index in [0.29, 0.717) is 74.7 Å². The molecule has 1 N–H and O–H groups in total. The number of likely N-dealkylation sites (tertiary alicyclic amines) is 1. The van der Waals surface area contributed by atoms with Gasteiger partial charge in [0.2, 0.25) is 15.9 Å². The molecule has 1 fully saturated rings. The van der Waals surface area contributed by atoms with E-state index in [1.165, 1.54) is 46.8 Å². The monoisotopic (exact) mass is 560 g/mol. The van der Waals surface area contributed by atoms with Gasteiger partial charge in [0, 0.05) is 50.1 Å². The molecule has 2 aromatic rings. The highest BCUT2D eigenvalue weighted by Crippen LogP contribution is 2.38. The summed E-state index contributed by atoms with van der Waals surface area (Å²) in [7, 11) is -3.65. The average Bonchev–Trinajstić information content (AvgIpc) is 3.56. The largest absolute Gasteiger partial charge is 0.339 e. The van der Waals surface area contributed by atoms with E-state index in [9.17, 15) is 22.8 Å². The molecule has 2 aliphatic heterocycles. The molecule has 38 heavy (non-hydrogen) atoms. The fraction of sp³-hybridized carbons (Fsp3) is 0.519. The topological polar surface area (TPSA) is 107 Å². The van der Waals surface area contributed by atoms with Crippen molar-refractivity contribution in [2.75, 3.05) is 38.0 Å². The van der Waals surface area contributed by atoms with Crippen LogP contribution in [0.4, 0.5) is 5.00 Å². The highest BCUT2D eigenvalue weighted by Gasteiger charge is 2.32. The highest BCUT2D eigenvalue weighted by atomic mass is 32.2. The molecule has 1 aromatic carbocycles. The van der Waals surface area contributed by atoms with Crippen LogP contribution in [-0.2, 0) is 27.8 Å². The van der Waals surface area contributed by atoms with E-state index >= 15 is 0 Å². The first kappa shape index (κ1) is 28.3. The number of nitrogens with zero attached hydrogens (tertiary/aromatic N) is 3. The second kappa shape index (κ2) is 12.0. The zero-order valence-corrected chi connectivity index (χ0v) is 23.9. The van der Waals surface area contributed by atoms with Crippen LogP contribution in [0.15, 0.2) is 29.2 Å². The third kappa shape index (κ3) is 5.79. The number of hydrogen-bond acceptors (Lipinski definition) is 6. The molecule has 0 unspecified atom stereocenters. The smallest absolute Gasteiger partial charge is 0.257 e. The number of amides is 3. The summed E-state index contributed by atoms with van der Waals surface area (Å²) in [4.78, 5) is 43.3. The van der Waals surface area contributed by atoms with Crippen molar-refractivity contribution < 1.29 is 22.8 Å². The molecule has 0 spiro atoms. The maximum absolute atomic E-state index is 13.5. The van der Waals surface area contributed by atoms with E-state index in [4.69, 9.17) is 0 Å². The first-order valence-corrected chi connectivity index (χ1v) is 15.5. The van der Waals surface area contributed by atoms with Crippen molar-refractivity contribution in [1.82, 2.24) is 14.1 Å². The fourth-order valence-corrected chi connectivity index (χ4v) is 7.89. The van der Waals surface area contributed by atoms with Gasteiger partial charge in [0.05, 0.1) is 17.0 Å². The van der Waals surface area contributed by atoms with Crippen molar-refractivity contribution in [1.29, 1.82) is 0 Å². The molecule has 0 bridgehead atoms. The number of rotatable bonds is 9. The number of nitrogens with one attached hydrogen (secondary N) is 1.